The molecule has 0 radical (unpaired) electrons. The Morgan fingerprint density at radius 2 is 2.35 bits per heavy atom. The van der Waals surface area contributed by atoms with E-state index in [0.717, 1.165) is 25.2 Å². The number of halogens is 1. The Hall–Kier alpha value is -0.900. The average Bonchev–Trinajstić information content (AvgIpc) is 2.82. The molecular weight excluding hydrogens is 238 g/mol. The summed E-state index contributed by atoms with van der Waals surface area (Å²) in [6, 6.07) is 5.51. The molecule has 92 valence electrons. The highest BCUT2D eigenvalue weighted by molar-refractivity contribution is 6.31. The largest absolute Gasteiger partial charge is 0.381 e. The highest BCUT2D eigenvalue weighted by atomic mass is 35.5. The predicted octanol–water partition coefficient (Wildman–Crippen LogP) is 2.38. The number of carbonyl (C=O) groups is 1. The third kappa shape index (κ3) is 2.86. The second kappa shape index (κ2) is 5.63. The molecule has 3 nitrogen and oxygen atoms in total. The first-order valence-electron chi connectivity index (χ1n) is 5.83. The number of ether oxygens (including phenoxy) is 1. The predicted molar refractivity (Wildman–Crippen MR) is 67.6 cm³/mol. The van der Waals surface area contributed by atoms with Gasteiger partial charge in [0.15, 0.2) is 5.78 Å². The summed E-state index contributed by atoms with van der Waals surface area (Å²) >= 11 is 6.21. The molecule has 1 heterocycles. The number of carbonyl (C=O) groups excluding carboxylic acids is 1. The molecule has 0 aromatic heterocycles. The molecule has 4 heteroatoms. The molecule has 0 bridgehead atoms. The third-order valence-electron chi connectivity index (χ3n) is 3.06. The Kier molecular flexibility index (Phi) is 4.15. The molecule has 0 aliphatic carbocycles. The lowest BCUT2D eigenvalue weighted by atomic mass is 9.96. The lowest BCUT2D eigenvalue weighted by Gasteiger charge is -2.11. The second-order valence-electron chi connectivity index (χ2n) is 4.26. The van der Waals surface area contributed by atoms with Crippen molar-refractivity contribution in [3.8, 4) is 0 Å². The van der Waals surface area contributed by atoms with Gasteiger partial charge in [0.1, 0.15) is 0 Å². The number of benzene rings is 1. The van der Waals surface area contributed by atoms with Crippen molar-refractivity contribution in [3.63, 3.8) is 0 Å². The van der Waals surface area contributed by atoms with Crippen molar-refractivity contribution >= 4 is 17.4 Å². The minimum absolute atomic E-state index is 0.0450. The number of hydrogen-bond acceptors (Lipinski definition) is 3. The number of ketones is 1. The van der Waals surface area contributed by atoms with Gasteiger partial charge in [-0.25, -0.2) is 0 Å². The summed E-state index contributed by atoms with van der Waals surface area (Å²) in [6.45, 7) is 1.87. The summed E-state index contributed by atoms with van der Waals surface area (Å²) in [7, 11) is 0. The van der Waals surface area contributed by atoms with Crippen LogP contribution in [0.2, 0.25) is 5.02 Å². The van der Waals surface area contributed by atoms with Gasteiger partial charge in [0.05, 0.1) is 6.61 Å². The summed E-state index contributed by atoms with van der Waals surface area (Å²) in [5, 5.41) is 0.656. The van der Waals surface area contributed by atoms with E-state index in [0.29, 0.717) is 29.5 Å². The van der Waals surface area contributed by atoms with Gasteiger partial charge in [-0.1, -0.05) is 23.7 Å². The summed E-state index contributed by atoms with van der Waals surface area (Å²) in [6.07, 6.45) is 1.36. The quantitative estimate of drug-likeness (QED) is 0.839. The molecule has 1 atom stereocenters. The molecule has 0 saturated carbocycles. The van der Waals surface area contributed by atoms with Crippen molar-refractivity contribution < 1.29 is 9.53 Å². The van der Waals surface area contributed by atoms with Crippen LogP contribution in [0, 0.1) is 0 Å². The number of Topliss-reactive ketones (excluding diaryl/α,β-unsaturated/α-hetero) is 1. The van der Waals surface area contributed by atoms with Gasteiger partial charge in [-0.05, 0) is 24.6 Å². The van der Waals surface area contributed by atoms with E-state index < -0.39 is 0 Å². The summed E-state index contributed by atoms with van der Waals surface area (Å²) in [4.78, 5) is 11.7. The van der Waals surface area contributed by atoms with E-state index >= 15 is 0 Å². The van der Waals surface area contributed by atoms with Crippen molar-refractivity contribution in [2.75, 3.05) is 19.8 Å². The monoisotopic (exact) mass is 253 g/mol. The summed E-state index contributed by atoms with van der Waals surface area (Å²) in [5.74, 6) is 0.407. The van der Waals surface area contributed by atoms with E-state index in [1.165, 1.54) is 0 Å². The molecule has 1 unspecified atom stereocenters. The molecule has 1 aromatic carbocycles. The van der Waals surface area contributed by atoms with Gasteiger partial charge >= 0.3 is 0 Å². The smallest absolute Gasteiger partial charge is 0.164 e. The van der Waals surface area contributed by atoms with Crippen LogP contribution in [0.4, 0.5) is 0 Å². The van der Waals surface area contributed by atoms with Crippen molar-refractivity contribution in [2.45, 2.75) is 18.8 Å². The molecule has 2 N–H and O–H groups in total. The molecule has 1 aliphatic heterocycles. The fourth-order valence-electron chi connectivity index (χ4n) is 2.09. The van der Waals surface area contributed by atoms with Gasteiger partial charge in [-0.3, -0.25) is 4.79 Å². The second-order valence-corrected chi connectivity index (χ2v) is 4.67. The van der Waals surface area contributed by atoms with E-state index in [1.807, 2.05) is 12.1 Å². The molecule has 1 aliphatic rings. The fraction of sp³-hybridized carbons (Fsp3) is 0.462. The van der Waals surface area contributed by atoms with Gasteiger partial charge in [-0.2, -0.15) is 0 Å². The van der Waals surface area contributed by atoms with Gasteiger partial charge in [-0.15, -0.1) is 0 Å². The Bertz CT molecular complexity index is 414. The first kappa shape index (κ1) is 12.6. The average molecular weight is 254 g/mol. The first-order valence-corrected chi connectivity index (χ1v) is 6.20. The maximum atomic E-state index is 11.7. The van der Waals surface area contributed by atoms with Crippen molar-refractivity contribution in [1.29, 1.82) is 0 Å². The Labute approximate surface area is 106 Å². The number of hydrogen-bond donors (Lipinski definition) is 1. The SMILES string of the molecule is NCCC(=O)c1ccc(C2CCOC2)c(Cl)c1. The van der Waals surface area contributed by atoms with Crippen LogP contribution in [-0.4, -0.2) is 25.5 Å². The third-order valence-corrected chi connectivity index (χ3v) is 3.39. The molecule has 0 amide bonds. The molecule has 1 aromatic rings. The molecule has 17 heavy (non-hydrogen) atoms. The molecule has 1 fully saturated rings. The zero-order chi connectivity index (χ0) is 12.3. The van der Waals surface area contributed by atoms with E-state index in [9.17, 15) is 4.79 Å². The number of rotatable bonds is 4. The van der Waals surface area contributed by atoms with Crippen LogP contribution in [0.1, 0.15) is 34.7 Å². The standard InChI is InChI=1S/C13H16ClNO2/c14-12-7-9(13(16)3-5-15)1-2-11(12)10-4-6-17-8-10/h1-2,7,10H,3-6,8,15H2. The van der Waals surface area contributed by atoms with E-state index in [-0.39, 0.29) is 5.78 Å². The maximum Gasteiger partial charge on any atom is 0.164 e. The van der Waals surface area contributed by atoms with Crippen molar-refractivity contribution in [3.05, 3.63) is 34.3 Å². The number of nitrogens with two attached hydrogens (primary N) is 1. The molecule has 2 rings (SSSR count). The lowest BCUT2D eigenvalue weighted by Crippen LogP contribution is -2.08. The van der Waals surface area contributed by atoms with E-state index in [1.54, 1.807) is 6.07 Å². The van der Waals surface area contributed by atoms with E-state index in [2.05, 4.69) is 0 Å². The Morgan fingerprint density at radius 3 is 2.94 bits per heavy atom. The van der Waals surface area contributed by atoms with Crippen LogP contribution >= 0.6 is 11.6 Å². The Morgan fingerprint density at radius 1 is 1.53 bits per heavy atom. The van der Waals surface area contributed by atoms with Crippen LogP contribution in [0.15, 0.2) is 18.2 Å². The summed E-state index contributed by atoms with van der Waals surface area (Å²) in [5.41, 5.74) is 7.08. The van der Waals surface area contributed by atoms with Crippen LogP contribution in [0.25, 0.3) is 0 Å². The van der Waals surface area contributed by atoms with Crippen LogP contribution in [-0.2, 0) is 4.74 Å². The summed E-state index contributed by atoms with van der Waals surface area (Å²) < 4.78 is 5.34. The Balaban J connectivity index is 2.19. The topological polar surface area (TPSA) is 52.3 Å². The minimum Gasteiger partial charge on any atom is -0.381 e. The van der Waals surface area contributed by atoms with Gasteiger partial charge in [0.25, 0.3) is 0 Å². The van der Waals surface area contributed by atoms with Gasteiger partial charge in [0, 0.05) is 29.5 Å². The first-order chi connectivity index (χ1) is 8.22. The van der Waals surface area contributed by atoms with Crippen molar-refractivity contribution in [2.24, 2.45) is 5.73 Å². The molecule has 0 spiro atoms. The highest BCUT2D eigenvalue weighted by Crippen LogP contribution is 2.31. The van der Waals surface area contributed by atoms with Crippen LogP contribution in [0.3, 0.4) is 0 Å². The molecular formula is C13H16ClNO2. The highest BCUT2D eigenvalue weighted by Gasteiger charge is 2.20. The minimum atomic E-state index is 0.0450. The van der Waals surface area contributed by atoms with E-state index in [4.69, 9.17) is 22.1 Å². The van der Waals surface area contributed by atoms with Gasteiger partial charge < -0.3 is 10.5 Å². The van der Waals surface area contributed by atoms with Crippen molar-refractivity contribution in [1.82, 2.24) is 0 Å². The zero-order valence-corrected chi connectivity index (χ0v) is 10.4. The van der Waals surface area contributed by atoms with Gasteiger partial charge in [0.2, 0.25) is 0 Å². The zero-order valence-electron chi connectivity index (χ0n) is 9.62. The normalized spacial score (nSPS) is 19.5. The van der Waals surface area contributed by atoms with Crippen LogP contribution < -0.4 is 5.73 Å². The maximum absolute atomic E-state index is 11.7. The molecule has 1 saturated heterocycles. The lowest BCUT2D eigenvalue weighted by molar-refractivity contribution is 0.0985. The fourth-order valence-corrected chi connectivity index (χ4v) is 2.42. The van der Waals surface area contributed by atoms with Crippen LogP contribution in [0.5, 0.6) is 0 Å².